The van der Waals surface area contributed by atoms with Gasteiger partial charge in [0.2, 0.25) is 5.91 Å². The van der Waals surface area contributed by atoms with E-state index in [1.54, 1.807) is 0 Å². The number of allylic oxidation sites excluding steroid dienone is 13. The van der Waals surface area contributed by atoms with Gasteiger partial charge in [-0.25, -0.2) is 4.57 Å². The Morgan fingerprint density at radius 1 is 0.417 bits per heavy atom. The number of likely N-dealkylation sites (N-methyl/N-ethyl adjacent to an activating group) is 1. The van der Waals surface area contributed by atoms with Crippen molar-refractivity contribution >= 4 is 19.7 Å². The molecule has 0 aromatic carbocycles. The highest BCUT2D eigenvalue weighted by Gasteiger charge is 2.30. The summed E-state index contributed by atoms with van der Waals surface area (Å²) in [6.45, 7) is 6.98. The monoisotopic (exact) mass is 1200 g/mol. The van der Waals surface area contributed by atoms with Gasteiger partial charge in [0.15, 0.2) is 0 Å². The normalized spacial score (nSPS) is 14.0. The van der Waals surface area contributed by atoms with Crippen molar-refractivity contribution in [3.05, 3.63) is 85.1 Å². The van der Waals surface area contributed by atoms with Gasteiger partial charge < -0.3 is 19.4 Å². The molecule has 0 spiro atoms. The molecule has 1 amide bonds. The topological polar surface area (TPSA) is 111 Å². The first kappa shape index (κ1) is 81.2. The zero-order valence-electron chi connectivity index (χ0n) is 55.9. The average molecular weight is 1200 g/mol. The second-order valence-corrected chi connectivity index (χ2v) is 26.5. The Morgan fingerprint density at radius 3 is 1.11 bits per heavy atom. The Hall–Kier alpha value is -2.81. The summed E-state index contributed by atoms with van der Waals surface area (Å²) in [5, 5.41) is 3.07. The lowest BCUT2D eigenvalue weighted by molar-refractivity contribution is -0.870. The number of rotatable bonds is 64. The van der Waals surface area contributed by atoms with Crippen LogP contribution in [0.25, 0.3) is 0 Å². The van der Waals surface area contributed by atoms with Crippen molar-refractivity contribution in [2.45, 2.75) is 335 Å². The molecule has 488 valence electrons. The second kappa shape index (κ2) is 63.2. The van der Waals surface area contributed by atoms with E-state index in [0.717, 1.165) is 96.3 Å². The van der Waals surface area contributed by atoms with Crippen LogP contribution in [0.15, 0.2) is 85.1 Å². The Balaban J connectivity index is 5.09. The number of hydrogen-bond donors (Lipinski definition) is 2. The van der Waals surface area contributed by atoms with Crippen LogP contribution in [0.4, 0.5) is 0 Å². The number of ether oxygens (including phenoxy) is 1. The number of phosphoric acid groups is 1. The molecule has 3 unspecified atom stereocenters. The highest BCUT2D eigenvalue weighted by atomic mass is 31.2. The SMILES string of the molecule is CCCCC/C=C\C/C=C\C/C=C\CCCCCCCCCCCCCCC(=O)OC(/C=C/CCCCCCCCCCCC)C(COP(=O)(O)OCC[N+](C)(C)C)NC(=O)CCCCCCCCCC/C=C\C/C=C\C/C=C\CCCCC. The average Bonchev–Trinajstić information content (AvgIpc) is 3.64. The molecule has 0 aliphatic rings. The molecular formula is C74H136N2O7P+. The van der Waals surface area contributed by atoms with Crippen LogP contribution in [0, 0.1) is 0 Å². The van der Waals surface area contributed by atoms with E-state index in [-0.39, 0.29) is 31.5 Å². The number of carbonyl (C=O) groups is 2. The number of unbranched alkanes of at least 4 members (excludes halogenated alkanes) is 36. The van der Waals surface area contributed by atoms with E-state index in [0.29, 0.717) is 17.4 Å². The minimum atomic E-state index is -4.46. The van der Waals surface area contributed by atoms with Gasteiger partial charge in [-0.1, -0.05) is 286 Å². The fraction of sp³-hybridized carbons (Fsp3) is 0.784. The van der Waals surface area contributed by atoms with Gasteiger partial charge in [-0.05, 0) is 109 Å². The van der Waals surface area contributed by atoms with E-state index in [2.05, 4.69) is 99.0 Å². The molecule has 2 N–H and O–H groups in total. The van der Waals surface area contributed by atoms with Crippen LogP contribution in [0.5, 0.6) is 0 Å². The second-order valence-electron chi connectivity index (χ2n) is 25.0. The molecule has 0 fully saturated rings. The van der Waals surface area contributed by atoms with Crippen LogP contribution < -0.4 is 5.32 Å². The maximum Gasteiger partial charge on any atom is 0.472 e. The maximum atomic E-state index is 13.6. The van der Waals surface area contributed by atoms with Crippen molar-refractivity contribution in [3.8, 4) is 0 Å². The van der Waals surface area contributed by atoms with Crippen LogP contribution in [0.3, 0.4) is 0 Å². The van der Waals surface area contributed by atoms with E-state index in [9.17, 15) is 19.0 Å². The van der Waals surface area contributed by atoms with Gasteiger partial charge in [-0.2, -0.15) is 0 Å². The maximum absolute atomic E-state index is 13.6. The van der Waals surface area contributed by atoms with E-state index in [4.69, 9.17) is 13.8 Å². The van der Waals surface area contributed by atoms with E-state index in [1.165, 1.54) is 193 Å². The number of carbonyl (C=O) groups excluding carboxylic acids is 2. The van der Waals surface area contributed by atoms with Crippen molar-refractivity contribution < 1.29 is 37.3 Å². The molecule has 0 bridgehead atoms. The Kier molecular flexibility index (Phi) is 61.1. The van der Waals surface area contributed by atoms with Crippen LogP contribution in [0.1, 0.15) is 323 Å². The van der Waals surface area contributed by atoms with Crippen molar-refractivity contribution in [1.82, 2.24) is 5.32 Å². The quantitative estimate of drug-likeness (QED) is 0.0205. The van der Waals surface area contributed by atoms with Gasteiger partial charge in [0.25, 0.3) is 0 Å². The Bertz CT molecular complexity index is 1710. The molecular weight excluding hydrogens is 1060 g/mol. The van der Waals surface area contributed by atoms with Crippen LogP contribution in [-0.2, 0) is 27.9 Å². The summed E-state index contributed by atoms with van der Waals surface area (Å²) in [7, 11) is 1.49. The lowest BCUT2D eigenvalue weighted by Crippen LogP contribution is -2.47. The van der Waals surface area contributed by atoms with E-state index >= 15 is 0 Å². The van der Waals surface area contributed by atoms with Crippen molar-refractivity contribution in [3.63, 3.8) is 0 Å². The largest absolute Gasteiger partial charge is 0.472 e. The minimum absolute atomic E-state index is 0.0360. The molecule has 0 rings (SSSR count). The predicted octanol–water partition coefficient (Wildman–Crippen LogP) is 22.5. The van der Waals surface area contributed by atoms with Crippen molar-refractivity contribution in [1.29, 1.82) is 0 Å². The summed E-state index contributed by atoms with van der Waals surface area (Å²) in [6, 6.07) is -0.857. The first-order valence-corrected chi connectivity index (χ1v) is 36.9. The van der Waals surface area contributed by atoms with Gasteiger partial charge in [0, 0.05) is 12.8 Å². The number of phosphoric ester groups is 1. The fourth-order valence-electron chi connectivity index (χ4n) is 10.1. The fourth-order valence-corrected chi connectivity index (χ4v) is 10.8. The van der Waals surface area contributed by atoms with Gasteiger partial charge in [-0.15, -0.1) is 0 Å². The van der Waals surface area contributed by atoms with Gasteiger partial charge in [0.1, 0.15) is 19.3 Å². The lowest BCUT2D eigenvalue weighted by Gasteiger charge is -2.27. The molecule has 9 nitrogen and oxygen atoms in total. The van der Waals surface area contributed by atoms with Gasteiger partial charge in [-0.3, -0.25) is 18.6 Å². The number of amides is 1. The molecule has 84 heavy (non-hydrogen) atoms. The first-order chi connectivity index (χ1) is 40.9. The Labute approximate surface area is 520 Å². The molecule has 0 saturated heterocycles. The van der Waals surface area contributed by atoms with Crippen LogP contribution in [-0.4, -0.2) is 74.3 Å². The predicted molar refractivity (Wildman–Crippen MR) is 364 cm³/mol. The summed E-state index contributed by atoms with van der Waals surface area (Å²) >= 11 is 0. The highest BCUT2D eigenvalue weighted by Crippen LogP contribution is 2.43. The highest BCUT2D eigenvalue weighted by molar-refractivity contribution is 7.47. The smallest absolute Gasteiger partial charge is 0.456 e. The van der Waals surface area contributed by atoms with Crippen LogP contribution >= 0.6 is 7.82 Å². The molecule has 0 aromatic rings. The number of nitrogens with zero attached hydrogens (tertiary/aromatic N) is 1. The third-order valence-corrected chi connectivity index (χ3v) is 16.5. The molecule has 0 heterocycles. The number of nitrogens with one attached hydrogen (secondary N) is 1. The number of hydrogen-bond acceptors (Lipinski definition) is 6. The molecule has 0 saturated carbocycles. The summed E-state index contributed by atoms with van der Waals surface area (Å²) in [4.78, 5) is 37.9. The molecule has 0 radical (unpaired) electrons. The summed E-state index contributed by atoms with van der Waals surface area (Å²) in [5.41, 5.74) is 0. The third-order valence-electron chi connectivity index (χ3n) is 15.6. The third kappa shape index (κ3) is 63.7. The molecule has 0 aliphatic carbocycles. The zero-order valence-corrected chi connectivity index (χ0v) is 56.8. The Morgan fingerprint density at radius 2 is 0.726 bits per heavy atom. The molecule has 0 aliphatic heterocycles. The summed E-state index contributed by atoms with van der Waals surface area (Å²) in [5.74, 6) is -0.509. The molecule has 0 aromatic heterocycles. The molecule has 10 heteroatoms. The van der Waals surface area contributed by atoms with Crippen molar-refractivity contribution in [2.24, 2.45) is 0 Å². The summed E-state index contributed by atoms with van der Waals surface area (Å²) in [6.07, 6.45) is 84.4. The van der Waals surface area contributed by atoms with Crippen LogP contribution in [0.2, 0.25) is 0 Å². The number of esters is 1. The van der Waals surface area contributed by atoms with E-state index < -0.39 is 20.0 Å². The standard InChI is InChI=1S/C74H135N2O7P/c1-7-10-13-16-19-22-25-28-30-32-34-36-37-38-39-41-43-45-47-49-52-55-58-61-64-67-74(78)83-72(65-62-59-56-53-50-27-24-21-18-15-12-9-3)71(70-82-84(79,80)81-69-68-76(4,5)6)75-73(77)66-63-60-57-54-51-48-46-44-42-40-35-33-31-29-26-23-20-17-14-11-8-2/h19-20,22-23,28-31,34-36,40,62,65,71-72H,7-18,21,24-27,32-33,37-39,41-61,63-64,66-70H2,1-6H3,(H-,75,77,79,80)/p+1/b22-19-,23-20-,30-28-,31-29-,36-34-,40-35-,65-62+. The number of quaternary nitrogens is 1. The molecule has 3 atom stereocenters. The zero-order chi connectivity index (χ0) is 61.4. The van der Waals surface area contributed by atoms with Crippen molar-refractivity contribution in [2.75, 3.05) is 40.9 Å². The van der Waals surface area contributed by atoms with Gasteiger partial charge in [0.05, 0.1) is 33.8 Å². The first-order valence-electron chi connectivity index (χ1n) is 35.4. The lowest BCUT2D eigenvalue weighted by atomic mass is 10.0. The minimum Gasteiger partial charge on any atom is -0.456 e. The van der Waals surface area contributed by atoms with Gasteiger partial charge >= 0.3 is 13.8 Å². The summed E-state index contributed by atoms with van der Waals surface area (Å²) < 4.78 is 30.8. The van der Waals surface area contributed by atoms with E-state index in [1.807, 2.05) is 33.3 Å².